The van der Waals surface area contributed by atoms with Crippen molar-refractivity contribution in [3.8, 4) is 5.75 Å². The fourth-order valence-electron chi connectivity index (χ4n) is 2.34. The minimum absolute atomic E-state index is 0.102. The fraction of sp³-hybridized carbons (Fsp3) is 0.158. The van der Waals surface area contributed by atoms with Crippen LogP contribution in [0.4, 0.5) is 10.1 Å². The molecule has 0 unspecified atom stereocenters. The van der Waals surface area contributed by atoms with Crippen LogP contribution in [-0.2, 0) is 4.79 Å². The van der Waals surface area contributed by atoms with Gasteiger partial charge in [-0.05, 0) is 30.7 Å². The van der Waals surface area contributed by atoms with Crippen molar-refractivity contribution in [2.75, 3.05) is 11.9 Å². The SMILES string of the molecule is O=C(CCCOc1cccc(F)c1)Nc1cnc2ccccc2c1. The van der Waals surface area contributed by atoms with Crippen molar-refractivity contribution < 1.29 is 13.9 Å². The van der Waals surface area contributed by atoms with Crippen molar-refractivity contribution in [3.05, 3.63) is 66.6 Å². The molecule has 0 saturated carbocycles. The average Bonchev–Trinajstić information content (AvgIpc) is 2.59. The molecule has 0 aliphatic carbocycles. The van der Waals surface area contributed by atoms with E-state index in [1.54, 1.807) is 18.3 Å². The molecule has 0 saturated heterocycles. The predicted molar refractivity (Wildman–Crippen MR) is 91.5 cm³/mol. The van der Waals surface area contributed by atoms with Gasteiger partial charge in [-0.2, -0.15) is 0 Å². The van der Waals surface area contributed by atoms with Gasteiger partial charge in [-0.15, -0.1) is 0 Å². The van der Waals surface area contributed by atoms with Crippen LogP contribution in [-0.4, -0.2) is 17.5 Å². The fourth-order valence-corrected chi connectivity index (χ4v) is 2.34. The van der Waals surface area contributed by atoms with E-state index in [1.807, 2.05) is 30.3 Å². The Morgan fingerprint density at radius 2 is 2.00 bits per heavy atom. The Kier molecular flexibility index (Phi) is 5.01. The summed E-state index contributed by atoms with van der Waals surface area (Å²) >= 11 is 0. The van der Waals surface area contributed by atoms with Gasteiger partial charge >= 0.3 is 0 Å². The molecule has 0 fully saturated rings. The highest BCUT2D eigenvalue weighted by molar-refractivity contribution is 5.93. The quantitative estimate of drug-likeness (QED) is 0.692. The maximum atomic E-state index is 13.0. The van der Waals surface area contributed by atoms with Gasteiger partial charge in [0.1, 0.15) is 11.6 Å². The molecule has 0 aliphatic heterocycles. The van der Waals surface area contributed by atoms with Crippen LogP contribution in [0.2, 0.25) is 0 Å². The number of hydrogen-bond acceptors (Lipinski definition) is 3. The monoisotopic (exact) mass is 324 g/mol. The highest BCUT2D eigenvalue weighted by Gasteiger charge is 2.04. The number of nitrogens with one attached hydrogen (secondary N) is 1. The number of anilines is 1. The summed E-state index contributed by atoms with van der Waals surface area (Å²) in [6.07, 6.45) is 2.51. The standard InChI is InChI=1S/C19H17FN2O2/c20-15-6-3-7-17(12-15)24-10-4-9-19(23)22-16-11-14-5-1-2-8-18(14)21-13-16/h1-3,5-8,11-13H,4,9-10H2,(H,22,23). The smallest absolute Gasteiger partial charge is 0.224 e. The number of ether oxygens (including phenoxy) is 1. The van der Waals surface area contributed by atoms with Gasteiger partial charge < -0.3 is 10.1 Å². The number of carbonyl (C=O) groups excluding carboxylic acids is 1. The number of amides is 1. The summed E-state index contributed by atoms with van der Waals surface area (Å²) in [5.74, 6) is 0.0260. The highest BCUT2D eigenvalue weighted by Crippen LogP contribution is 2.16. The first kappa shape index (κ1) is 15.9. The van der Waals surface area contributed by atoms with Gasteiger partial charge in [0.05, 0.1) is 24.0 Å². The van der Waals surface area contributed by atoms with E-state index in [9.17, 15) is 9.18 Å². The van der Waals surface area contributed by atoms with E-state index in [0.717, 1.165) is 10.9 Å². The Labute approximate surface area is 139 Å². The van der Waals surface area contributed by atoms with E-state index in [-0.39, 0.29) is 11.7 Å². The summed E-state index contributed by atoms with van der Waals surface area (Å²) in [4.78, 5) is 16.3. The van der Waals surface area contributed by atoms with Crippen LogP contribution in [0.1, 0.15) is 12.8 Å². The van der Waals surface area contributed by atoms with Gasteiger partial charge in [-0.25, -0.2) is 4.39 Å². The second-order valence-electron chi connectivity index (χ2n) is 5.37. The van der Waals surface area contributed by atoms with E-state index >= 15 is 0 Å². The van der Waals surface area contributed by atoms with Crippen molar-refractivity contribution in [2.24, 2.45) is 0 Å². The van der Waals surface area contributed by atoms with Crippen molar-refractivity contribution in [1.29, 1.82) is 0 Å². The summed E-state index contributed by atoms with van der Waals surface area (Å²) in [6.45, 7) is 0.354. The highest BCUT2D eigenvalue weighted by atomic mass is 19.1. The molecule has 0 atom stereocenters. The zero-order valence-electron chi connectivity index (χ0n) is 13.0. The second kappa shape index (κ2) is 7.55. The molecule has 1 amide bonds. The lowest BCUT2D eigenvalue weighted by atomic mass is 10.2. The van der Waals surface area contributed by atoms with Crippen molar-refractivity contribution in [3.63, 3.8) is 0 Å². The molecular weight excluding hydrogens is 307 g/mol. The molecule has 4 nitrogen and oxygen atoms in total. The molecule has 24 heavy (non-hydrogen) atoms. The van der Waals surface area contributed by atoms with Gasteiger partial charge in [0.2, 0.25) is 5.91 Å². The summed E-state index contributed by atoms with van der Waals surface area (Å²) < 4.78 is 18.4. The number of para-hydroxylation sites is 1. The molecule has 122 valence electrons. The number of rotatable bonds is 6. The van der Waals surface area contributed by atoms with Crippen LogP contribution < -0.4 is 10.1 Å². The third-order valence-corrected chi connectivity index (χ3v) is 3.49. The zero-order valence-corrected chi connectivity index (χ0v) is 13.0. The van der Waals surface area contributed by atoms with Crippen LogP contribution in [0, 0.1) is 5.82 Å². The van der Waals surface area contributed by atoms with E-state index in [4.69, 9.17) is 4.74 Å². The molecule has 0 bridgehead atoms. The van der Waals surface area contributed by atoms with Crippen LogP contribution in [0.15, 0.2) is 60.8 Å². The number of pyridine rings is 1. The molecule has 3 rings (SSSR count). The average molecular weight is 324 g/mol. The molecule has 0 spiro atoms. The van der Waals surface area contributed by atoms with E-state index in [0.29, 0.717) is 30.9 Å². The molecule has 1 N–H and O–H groups in total. The van der Waals surface area contributed by atoms with Gasteiger partial charge in [0.25, 0.3) is 0 Å². The Bertz CT molecular complexity index is 851. The molecule has 1 heterocycles. The van der Waals surface area contributed by atoms with Gasteiger partial charge in [-0.3, -0.25) is 9.78 Å². The summed E-state index contributed by atoms with van der Waals surface area (Å²) in [5.41, 5.74) is 1.56. The zero-order chi connectivity index (χ0) is 16.8. The Hall–Kier alpha value is -2.95. The molecular formula is C19H17FN2O2. The van der Waals surface area contributed by atoms with Crippen LogP contribution in [0.3, 0.4) is 0 Å². The van der Waals surface area contributed by atoms with Crippen molar-refractivity contribution >= 4 is 22.5 Å². The van der Waals surface area contributed by atoms with Crippen LogP contribution in [0.25, 0.3) is 10.9 Å². The third-order valence-electron chi connectivity index (χ3n) is 3.49. The number of carbonyl (C=O) groups is 1. The predicted octanol–water partition coefficient (Wildman–Crippen LogP) is 4.17. The molecule has 5 heteroatoms. The maximum Gasteiger partial charge on any atom is 0.224 e. The molecule has 3 aromatic rings. The maximum absolute atomic E-state index is 13.0. The lowest BCUT2D eigenvalue weighted by Gasteiger charge is -2.07. The van der Waals surface area contributed by atoms with Gasteiger partial charge in [0.15, 0.2) is 0 Å². The third kappa shape index (κ3) is 4.29. The Morgan fingerprint density at radius 3 is 2.88 bits per heavy atom. The summed E-state index contributed by atoms with van der Waals surface area (Å²) in [7, 11) is 0. The number of halogens is 1. The van der Waals surface area contributed by atoms with E-state index < -0.39 is 0 Å². The number of benzene rings is 2. The van der Waals surface area contributed by atoms with Crippen LogP contribution >= 0.6 is 0 Å². The number of nitrogens with zero attached hydrogens (tertiary/aromatic N) is 1. The Balaban J connectivity index is 1.46. The molecule has 0 radical (unpaired) electrons. The largest absolute Gasteiger partial charge is 0.493 e. The first-order chi connectivity index (χ1) is 11.7. The second-order valence-corrected chi connectivity index (χ2v) is 5.37. The molecule has 0 aliphatic rings. The normalized spacial score (nSPS) is 10.5. The van der Waals surface area contributed by atoms with E-state index in [1.165, 1.54) is 12.1 Å². The number of aromatic nitrogens is 1. The lowest BCUT2D eigenvalue weighted by molar-refractivity contribution is -0.116. The topological polar surface area (TPSA) is 51.2 Å². The van der Waals surface area contributed by atoms with Crippen molar-refractivity contribution in [2.45, 2.75) is 12.8 Å². The van der Waals surface area contributed by atoms with Gasteiger partial charge in [-0.1, -0.05) is 24.3 Å². The van der Waals surface area contributed by atoms with E-state index in [2.05, 4.69) is 10.3 Å². The van der Waals surface area contributed by atoms with Crippen molar-refractivity contribution in [1.82, 2.24) is 4.98 Å². The van der Waals surface area contributed by atoms with Gasteiger partial charge in [0, 0.05) is 17.9 Å². The number of hydrogen-bond donors (Lipinski definition) is 1. The summed E-state index contributed by atoms with van der Waals surface area (Å²) in [5, 5.41) is 3.80. The minimum atomic E-state index is -0.339. The van der Waals surface area contributed by atoms with Crippen LogP contribution in [0.5, 0.6) is 5.75 Å². The summed E-state index contributed by atoms with van der Waals surface area (Å²) in [6, 6.07) is 15.6. The molecule has 1 aromatic heterocycles. The first-order valence-electron chi connectivity index (χ1n) is 7.74. The number of fused-ring (bicyclic) bond motifs is 1. The first-order valence-corrected chi connectivity index (χ1v) is 7.74. The Morgan fingerprint density at radius 1 is 1.12 bits per heavy atom. The minimum Gasteiger partial charge on any atom is -0.493 e. The molecule has 2 aromatic carbocycles. The lowest BCUT2D eigenvalue weighted by Crippen LogP contribution is -2.13.